The summed E-state index contributed by atoms with van der Waals surface area (Å²) in [5.74, 6) is 0.201. The summed E-state index contributed by atoms with van der Waals surface area (Å²) < 4.78 is 0. The Morgan fingerprint density at radius 1 is 1.59 bits per heavy atom. The molecule has 0 aliphatic carbocycles. The standard InChI is InChI=1S/C12H14N4O/c1-8-6-16(7-10(8)14)12(17)11-3-2-9(4-13)5-15-11/h2-3,5,8,10H,6-7,14H2,1H3. The predicted octanol–water partition coefficient (Wildman–Crippen LogP) is 0.372. The van der Waals surface area contributed by atoms with Gasteiger partial charge in [-0.1, -0.05) is 6.92 Å². The lowest BCUT2D eigenvalue weighted by molar-refractivity contribution is 0.0781. The molecule has 88 valence electrons. The molecule has 1 aliphatic rings. The Balaban J connectivity index is 2.12. The van der Waals surface area contributed by atoms with E-state index in [1.54, 1.807) is 17.0 Å². The highest BCUT2D eigenvalue weighted by molar-refractivity contribution is 5.92. The molecule has 1 aliphatic heterocycles. The molecule has 1 saturated heterocycles. The summed E-state index contributed by atoms with van der Waals surface area (Å²) in [6.45, 7) is 3.27. The SMILES string of the molecule is CC1CN(C(=O)c2ccc(C#N)cn2)CC1N. The number of carbonyl (C=O) groups excluding carboxylic acids is 1. The summed E-state index contributed by atoms with van der Waals surface area (Å²) in [5, 5.41) is 8.65. The van der Waals surface area contributed by atoms with Gasteiger partial charge < -0.3 is 10.6 Å². The fourth-order valence-corrected chi connectivity index (χ4v) is 1.91. The van der Waals surface area contributed by atoms with Gasteiger partial charge in [-0.2, -0.15) is 5.26 Å². The van der Waals surface area contributed by atoms with Crippen molar-refractivity contribution in [3.8, 4) is 6.07 Å². The van der Waals surface area contributed by atoms with Gasteiger partial charge in [-0.25, -0.2) is 4.98 Å². The van der Waals surface area contributed by atoms with E-state index in [0.29, 0.717) is 30.3 Å². The molecule has 2 N–H and O–H groups in total. The average molecular weight is 230 g/mol. The first-order valence-corrected chi connectivity index (χ1v) is 5.53. The van der Waals surface area contributed by atoms with Crippen LogP contribution in [0.15, 0.2) is 18.3 Å². The highest BCUT2D eigenvalue weighted by Crippen LogP contribution is 2.16. The summed E-state index contributed by atoms with van der Waals surface area (Å²) in [6, 6.07) is 5.18. The minimum Gasteiger partial charge on any atom is -0.335 e. The molecule has 2 rings (SSSR count). The first kappa shape index (κ1) is 11.6. The highest BCUT2D eigenvalue weighted by atomic mass is 16.2. The molecule has 0 aromatic carbocycles. The number of nitrogens with zero attached hydrogens (tertiary/aromatic N) is 3. The van der Waals surface area contributed by atoms with Crippen molar-refractivity contribution in [1.82, 2.24) is 9.88 Å². The van der Waals surface area contributed by atoms with Crippen molar-refractivity contribution in [2.75, 3.05) is 13.1 Å². The van der Waals surface area contributed by atoms with Crippen LogP contribution in [0.4, 0.5) is 0 Å². The van der Waals surface area contributed by atoms with Gasteiger partial charge in [0.15, 0.2) is 0 Å². The fourth-order valence-electron chi connectivity index (χ4n) is 1.91. The van der Waals surface area contributed by atoms with E-state index in [2.05, 4.69) is 4.98 Å². The number of hydrogen-bond donors (Lipinski definition) is 1. The maximum absolute atomic E-state index is 12.1. The number of aromatic nitrogens is 1. The minimum absolute atomic E-state index is 0.0392. The van der Waals surface area contributed by atoms with Gasteiger partial charge in [-0.15, -0.1) is 0 Å². The molecule has 1 amide bonds. The van der Waals surface area contributed by atoms with Crippen LogP contribution >= 0.6 is 0 Å². The van der Waals surface area contributed by atoms with E-state index >= 15 is 0 Å². The zero-order valence-corrected chi connectivity index (χ0v) is 9.63. The van der Waals surface area contributed by atoms with Crippen molar-refractivity contribution in [3.63, 3.8) is 0 Å². The normalized spacial score (nSPS) is 23.5. The Labute approximate surface area is 99.9 Å². The topological polar surface area (TPSA) is 83.0 Å². The first-order chi connectivity index (χ1) is 8.11. The van der Waals surface area contributed by atoms with Gasteiger partial charge in [0.2, 0.25) is 0 Å². The average Bonchev–Trinajstić information content (AvgIpc) is 2.69. The fraction of sp³-hybridized carbons (Fsp3) is 0.417. The van der Waals surface area contributed by atoms with Crippen LogP contribution in [0.3, 0.4) is 0 Å². The summed E-state index contributed by atoms with van der Waals surface area (Å²) in [7, 11) is 0. The van der Waals surface area contributed by atoms with Gasteiger partial charge in [0.25, 0.3) is 5.91 Å². The summed E-state index contributed by atoms with van der Waals surface area (Å²) in [4.78, 5) is 17.8. The lowest BCUT2D eigenvalue weighted by Gasteiger charge is -2.14. The van der Waals surface area contributed by atoms with E-state index in [0.717, 1.165) is 0 Å². The Bertz CT molecular complexity index is 452. The van der Waals surface area contributed by atoms with Gasteiger partial charge in [-0.05, 0) is 18.1 Å². The number of likely N-dealkylation sites (tertiary alicyclic amines) is 1. The van der Waals surface area contributed by atoms with Crippen molar-refractivity contribution in [2.45, 2.75) is 13.0 Å². The van der Waals surface area contributed by atoms with Gasteiger partial charge in [0.1, 0.15) is 11.8 Å². The monoisotopic (exact) mass is 230 g/mol. The molecule has 1 aromatic rings. The van der Waals surface area contributed by atoms with E-state index in [4.69, 9.17) is 11.0 Å². The van der Waals surface area contributed by atoms with Crippen LogP contribution < -0.4 is 5.73 Å². The lowest BCUT2D eigenvalue weighted by Crippen LogP contribution is -2.32. The van der Waals surface area contributed by atoms with Gasteiger partial charge in [0.05, 0.1) is 5.56 Å². The van der Waals surface area contributed by atoms with Crippen molar-refractivity contribution in [2.24, 2.45) is 11.7 Å². The van der Waals surface area contributed by atoms with E-state index < -0.39 is 0 Å². The van der Waals surface area contributed by atoms with E-state index in [1.165, 1.54) is 6.20 Å². The maximum atomic E-state index is 12.1. The molecular weight excluding hydrogens is 216 g/mol. The molecule has 2 atom stereocenters. The molecule has 1 aromatic heterocycles. The number of rotatable bonds is 1. The van der Waals surface area contributed by atoms with Gasteiger partial charge in [-0.3, -0.25) is 4.79 Å². The van der Waals surface area contributed by atoms with Crippen molar-refractivity contribution >= 4 is 5.91 Å². The first-order valence-electron chi connectivity index (χ1n) is 5.53. The largest absolute Gasteiger partial charge is 0.335 e. The van der Waals surface area contributed by atoms with Crippen molar-refractivity contribution in [3.05, 3.63) is 29.6 Å². The number of carbonyl (C=O) groups is 1. The Kier molecular flexibility index (Phi) is 3.07. The smallest absolute Gasteiger partial charge is 0.272 e. The third-order valence-corrected chi connectivity index (χ3v) is 3.07. The summed E-state index contributed by atoms with van der Waals surface area (Å²) in [5.41, 5.74) is 6.69. The van der Waals surface area contributed by atoms with Crippen LogP contribution in [-0.4, -0.2) is 34.9 Å². The predicted molar refractivity (Wildman–Crippen MR) is 62.0 cm³/mol. The zero-order chi connectivity index (χ0) is 12.4. The molecular formula is C12H14N4O. The van der Waals surface area contributed by atoms with Crippen LogP contribution in [0.1, 0.15) is 23.0 Å². The summed E-state index contributed by atoms with van der Waals surface area (Å²) >= 11 is 0. The Morgan fingerprint density at radius 2 is 2.35 bits per heavy atom. The molecule has 5 heteroatoms. The third kappa shape index (κ3) is 2.27. The molecule has 0 radical (unpaired) electrons. The van der Waals surface area contributed by atoms with Crippen LogP contribution in [0.2, 0.25) is 0 Å². The quantitative estimate of drug-likeness (QED) is 0.755. The van der Waals surface area contributed by atoms with Gasteiger partial charge >= 0.3 is 0 Å². The van der Waals surface area contributed by atoms with Crippen LogP contribution in [0.5, 0.6) is 0 Å². The Morgan fingerprint density at radius 3 is 2.82 bits per heavy atom. The zero-order valence-electron chi connectivity index (χ0n) is 9.63. The molecule has 0 saturated carbocycles. The minimum atomic E-state index is -0.116. The Hall–Kier alpha value is -1.93. The molecule has 1 fully saturated rings. The van der Waals surface area contributed by atoms with Crippen molar-refractivity contribution in [1.29, 1.82) is 5.26 Å². The molecule has 0 bridgehead atoms. The lowest BCUT2D eigenvalue weighted by atomic mass is 10.1. The van der Waals surface area contributed by atoms with Gasteiger partial charge in [0, 0.05) is 25.3 Å². The molecule has 17 heavy (non-hydrogen) atoms. The highest BCUT2D eigenvalue weighted by Gasteiger charge is 2.30. The van der Waals surface area contributed by atoms with Crippen LogP contribution in [0.25, 0.3) is 0 Å². The third-order valence-electron chi connectivity index (χ3n) is 3.07. The number of nitriles is 1. The number of pyridine rings is 1. The second-order valence-corrected chi connectivity index (χ2v) is 4.40. The molecule has 2 unspecified atom stereocenters. The van der Waals surface area contributed by atoms with Crippen molar-refractivity contribution < 1.29 is 4.79 Å². The van der Waals surface area contributed by atoms with E-state index in [-0.39, 0.29) is 11.9 Å². The van der Waals surface area contributed by atoms with Crippen LogP contribution in [0, 0.1) is 17.2 Å². The van der Waals surface area contributed by atoms with Crippen LogP contribution in [-0.2, 0) is 0 Å². The number of nitrogens with two attached hydrogens (primary N) is 1. The number of amides is 1. The summed E-state index contributed by atoms with van der Waals surface area (Å²) in [6.07, 6.45) is 1.41. The maximum Gasteiger partial charge on any atom is 0.272 e. The second kappa shape index (κ2) is 4.52. The molecule has 5 nitrogen and oxygen atoms in total. The molecule has 0 spiro atoms. The number of hydrogen-bond acceptors (Lipinski definition) is 4. The van der Waals surface area contributed by atoms with E-state index in [1.807, 2.05) is 13.0 Å². The second-order valence-electron chi connectivity index (χ2n) is 4.40. The van der Waals surface area contributed by atoms with E-state index in [9.17, 15) is 4.79 Å². The molecule has 2 heterocycles.